The van der Waals surface area contributed by atoms with Gasteiger partial charge >= 0.3 is 0 Å². The van der Waals surface area contributed by atoms with E-state index in [1.807, 2.05) is 13.8 Å². The molecule has 2 aliphatic carbocycles. The molecule has 2 rings (SSSR count). The molecule has 0 saturated heterocycles. The van der Waals surface area contributed by atoms with Crippen LogP contribution in [0.15, 0.2) is 0 Å². The van der Waals surface area contributed by atoms with Crippen molar-refractivity contribution in [3.05, 3.63) is 0 Å². The summed E-state index contributed by atoms with van der Waals surface area (Å²) < 4.78 is 0. The zero-order valence-electron chi connectivity index (χ0n) is 10.6. The van der Waals surface area contributed by atoms with E-state index in [-0.39, 0.29) is 0 Å². The van der Waals surface area contributed by atoms with E-state index in [4.69, 9.17) is 0 Å². The van der Waals surface area contributed by atoms with Gasteiger partial charge in [-0.05, 0) is 36.5 Å². The molecule has 0 amide bonds. The molecule has 0 nitrogen and oxygen atoms in total. The fourth-order valence-electron chi connectivity index (χ4n) is 3.56. The minimum absolute atomic E-state index is 0.733. The first-order valence-corrected chi connectivity index (χ1v) is 6.73. The van der Waals surface area contributed by atoms with Crippen molar-refractivity contribution in [2.75, 3.05) is 0 Å². The van der Waals surface area contributed by atoms with Crippen molar-refractivity contribution >= 4 is 0 Å². The summed E-state index contributed by atoms with van der Waals surface area (Å²) in [7, 11) is 0. The molecule has 0 radical (unpaired) electrons. The first kappa shape index (κ1) is 12.1. The average Bonchev–Trinajstić information content (AvgIpc) is 2.81. The summed E-state index contributed by atoms with van der Waals surface area (Å²) in [5.41, 5.74) is 0.733. The Balaban J connectivity index is 0.000000461. The Morgan fingerprint density at radius 2 is 1.50 bits per heavy atom. The van der Waals surface area contributed by atoms with Crippen molar-refractivity contribution in [3.8, 4) is 0 Å². The highest BCUT2D eigenvalue weighted by Gasteiger charge is 2.42. The maximum absolute atomic E-state index is 2.56. The molecule has 0 aliphatic heterocycles. The van der Waals surface area contributed by atoms with Gasteiger partial charge in [-0.15, -0.1) is 0 Å². The van der Waals surface area contributed by atoms with Crippen LogP contribution in [-0.4, -0.2) is 0 Å². The monoisotopic (exact) mass is 196 g/mol. The largest absolute Gasteiger partial charge is 0.0683 e. The standard InChI is InChI=1S/C12H22.C2H6/c1-10-6-5-9-12(10,2)11-7-3-4-8-11;1-2/h10-11H,3-9H2,1-2H3;1-2H3. The van der Waals surface area contributed by atoms with E-state index in [0.29, 0.717) is 0 Å². The highest BCUT2D eigenvalue weighted by molar-refractivity contribution is 4.93. The highest BCUT2D eigenvalue weighted by atomic mass is 14.5. The van der Waals surface area contributed by atoms with Gasteiger partial charge in [0.15, 0.2) is 0 Å². The second-order valence-electron chi connectivity index (χ2n) is 5.28. The number of hydrogen-bond acceptors (Lipinski definition) is 0. The lowest BCUT2D eigenvalue weighted by molar-refractivity contribution is 0.137. The third kappa shape index (κ3) is 2.15. The molecule has 0 bridgehead atoms. The lowest BCUT2D eigenvalue weighted by Crippen LogP contribution is -2.27. The lowest BCUT2D eigenvalue weighted by atomic mass is 9.69. The molecule has 84 valence electrons. The topological polar surface area (TPSA) is 0 Å². The Hall–Kier alpha value is 0. The van der Waals surface area contributed by atoms with Crippen LogP contribution in [-0.2, 0) is 0 Å². The van der Waals surface area contributed by atoms with Crippen molar-refractivity contribution in [3.63, 3.8) is 0 Å². The summed E-state index contributed by atoms with van der Waals surface area (Å²) >= 11 is 0. The second-order valence-corrected chi connectivity index (χ2v) is 5.28. The molecule has 0 aromatic heterocycles. The highest BCUT2D eigenvalue weighted by Crippen LogP contribution is 2.53. The maximum Gasteiger partial charge on any atom is -0.0272 e. The maximum atomic E-state index is 2.56. The summed E-state index contributed by atoms with van der Waals surface area (Å²) in [6, 6.07) is 0. The first-order chi connectivity index (χ1) is 6.73. The molecule has 2 saturated carbocycles. The molecular formula is C14H28. The van der Waals surface area contributed by atoms with Crippen LogP contribution < -0.4 is 0 Å². The van der Waals surface area contributed by atoms with Gasteiger partial charge in [-0.25, -0.2) is 0 Å². The van der Waals surface area contributed by atoms with Gasteiger partial charge < -0.3 is 0 Å². The molecule has 0 heteroatoms. The summed E-state index contributed by atoms with van der Waals surface area (Å²) in [6.07, 6.45) is 10.6. The van der Waals surface area contributed by atoms with E-state index in [0.717, 1.165) is 17.3 Å². The molecular weight excluding hydrogens is 168 g/mol. The summed E-state index contributed by atoms with van der Waals surface area (Å²) in [5.74, 6) is 2.08. The van der Waals surface area contributed by atoms with E-state index >= 15 is 0 Å². The molecule has 2 atom stereocenters. The van der Waals surface area contributed by atoms with Crippen LogP contribution in [0.1, 0.15) is 72.6 Å². The minimum Gasteiger partial charge on any atom is -0.0683 e. The number of rotatable bonds is 1. The molecule has 0 spiro atoms. The van der Waals surface area contributed by atoms with E-state index in [1.54, 1.807) is 0 Å². The Morgan fingerprint density at radius 1 is 0.929 bits per heavy atom. The van der Waals surface area contributed by atoms with Crippen LogP contribution in [0.25, 0.3) is 0 Å². The van der Waals surface area contributed by atoms with Crippen LogP contribution in [0.4, 0.5) is 0 Å². The van der Waals surface area contributed by atoms with E-state index in [2.05, 4.69) is 13.8 Å². The predicted octanol–water partition coefficient (Wildman–Crippen LogP) is 5.03. The van der Waals surface area contributed by atoms with Gasteiger partial charge in [0, 0.05) is 0 Å². The van der Waals surface area contributed by atoms with Crippen molar-refractivity contribution < 1.29 is 0 Å². The van der Waals surface area contributed by atoms with Gasteiger partial charge in [0.2, 0.25) is 0 Å². The quantitative estimate of drug-likeness (QED) is 0.552. The Bertz CT molecular complexity index is 155. The summed E-state index contributed by atoms with van der Waals surface area (Å²) in [5, 5.41) is 0. The molecule has 14 heavy (non-hydrogen) atoms. The molecule has 0 N–H and O–H groups in total. The first-order valence-electron chi connectivity index (χ1n) is 6.73. The molecule has 0 heterocycles. The van der Waals surface area contributed by atoms with Crippen LogP contribution in [0.3, 0.4) is 0 Å². The van der Waals surface area contributed by atoms with Gasteiger partial charge in [0.05, 0.1) is 0 Å². The smallest absolute Gasteiger partial charge is 0.0272 e. The Morgan fingerprint density at radius 3 is 1.93 bits per heavy atom. The molecule has 0 aromatic rings. The van der Waals surface area contributed by atoms with Crippen LogP contribution in [0, 0.1) is 17.3 Å². The van der Waals surface area contributed by atoms with Gasteiger partial charge in [0.25, 0.3) is 0 Å². The third-order valence-corrected chi connectivity index (χ3v) is 4.77. The van der Waals surface area contributed by atoms with Gasteiger partial charge in [-0.1, -0.05) is 53.4 Å². The fraction of sp³-hybridized carbons (Fsp3) is 1.00. The molecule has 2 aliphatic rings. The molecule has 2 fully saturated rings. The SMILES string of the molecule is CC.CC1CCCC1(C)C1CCCC1. The zero-order chi connectivity index (χ0) is 10.6. The van der Waals surface area contributed by atoms with E-state index in [9.17, 15) is 0 Å². The summed E-state index contributed by atoms with van der Waals surface area (Å²) in [6.45, 7) is 9.03. The van der Waals surface area contributed by atoms with Crippen molar-refractivity contribution in [1.82, 2.24) is 0 Å². The van der Waals surface area contributed by atoms with E-state index in [1.165, 1.54) is 44.9 Å². The molecule has 2 unspecified atom stereocenters. The Labute approximate surface area is 90.5 Å². The fourth-order valence-corrected chi connectivity index (χ4v) is 3.56. The normalized spacial score (nSPS) is 38.1. The number of hydrogen-bond donors (Lipinski definition) is 0. The van der Waals surface area contributed by atoms with Gasteiger partial charge in [0.1, 0.15) is 0 Å². The zero-order valence-corrected chi connectivity index (χ0v) is 10.6. The molecule has 0 aromatic carbocycles. The van der Waals surface area contributed by atoms with Crippen molar-refractivity contribution in [2.24, 2.45) is 17.3 Å². The second kappa shape index (κ2) is 5.19. The van der Waals surface area contributed by atoms with Crippen molar-refractivity contribution in [1.29, 1.82) is 0 Å². The van der Waals surface area contributed by atoms with E-state index < -0.39 is 0 Å². The Kier molecular flexibility index (Phi) is 4.47. The van der Waals surface area contributed by atoms with Crippen LogP contribution in [0.5, 0.6) is 0 Å². The van der Waals surface area contributed by atoms with Crippen LogP contribution in [0.2, 0.25) is 0 Å². The predicted molar refractivity (Wildman–Crippen MR) is 64.4 cm³/mol. The third-order valence-electron chi connectivity index (χ3n) is 4.77. The van der Waals surface area contributed by atoms with Gasteiger partial charge in [-0.3, -0.25) is 0 Å². The van der Waals surface area contributed by atoms with Gasteiger partial charge in [-0.2, -0.15) is 0 Å². The summed E-state index contributed by atoms with van der Waals surface area (Å²) in [4.78, 5) is 0. The van der Waals surface area contributed by atoms with Crippen LogP contribution >= 0.6 is 0 Å². The minimum atomic E-state index is 0.733. The van der Waals surface area contributed by atoms with Crippen molar-refractivity contribution in [2.45, 2.75) is 72.6 Å². The average molecular weight is 196 g/mol. The lowest BCUT2D eigenvalue weighted by Gasteiger charge is -2.35.